The number of halogens is 2. The van der Waals surface area contributed by atoms with Gasteiger partial charge in [-0.05, 0) is 0 Å². The number of hydrogen-bond acceptors (Lipinski definition) is 0. The molecule has 0 radical (unpaired) electrons. The van der Waals surface area contributed by atoms with Gasteiger partial charge in [0.2, 0.25) is 0 Å². The van der Waals surface area contributed by atoms with Crippen molar-refractivity contribution in [2.45, 2.75) is 26.7 Å². The Hall–Kier alpha value is 0.436. The summed E-state index contributed by atoms with van der Waals surface area (Å²) in [5, 5.41) is 0. The summed E-state index contributed by atoms with van der Waals surface area (Å²) >= 11 is 1.33. The fourth-order valence-electron chi connectivity index (χ4n) is 0.874. The van der Waals surface area contributed by atoms with Crippen LogP contribution in [0.5, 0.6) is 0 Å². The first-order valence-corrected chi connectivity index (χ1v) is 6.96. The average molecular weight is 394 g/mol. The van der Waals surface area contributed by atoms with Crippen LogP contribution >= 0.6 is 9.64 Å². The van der Waals surface area contributed by atoms with Crippen LogP contribution in [0.3, 0.4) is 0 Å². The zero-order chi connectivity index (χ0) is 9.56. The third-order valence-corrected chi connectivity index (χ3v) is 1.66. The molecular formula is C10H13Cl2Os-2. The van der Waals surface area contributed by atoms with Crippen molar-refractivity contribution in [3.05, 3.63) is 35.4 Å². The second kappa shape index (κ2) is 9.01. The predicted molar refractivity (Wildman–Crippen MR) is 50.0 cm³/mol. The SMILES string of the molecule is Cc1[c-]cc(C(C)C)cc1.[Cl-].[Cl][Os]. The van der Waals surface area contributed by atoms with Crippen LogP contribution in [-0.4, -0.2) is 0 Å². The molecule has 77 valence electrons. The van der Waals surface area contributed by atoms with Gasteiger partial charge in [0, 0.05) is 0 Å². The van der Waals surface area contributed by atoms with Gasteiger partial charge in [0.05, 0.1) is 0 Å². The molecule has 0 aromatic heterocycles. The standard InChI is InChI=1S/C10H13.2ClH.Os/c1-8(2)10-6-4-9(3)5-7-10;;;/h4,6-8H,1-3H3;2*1H;/q-1;;;+1/p-2. The van der Waals surface area contributed by atoms with Crippen molar-refractivity contribution in [1.29, 1.82) is 0 Å². The molecule has 0 saturated heterocycles. The van der Waals surface area contributed by atoms with Crippen LogP contribution in [-0.2, 0) is 17.6 Å². The van der Waals surface area contributed by atoms with Crippen molar-refractivity contribution >= 4 is 9.64 Å². The molecule has 0 N–H and O–H groups in total. The van der Waals surface area contributed by atoms with Gasteiger partial charge < -0.3 is 12.4 Å². The molecular weight excluding hydrogens is 381 g/mol. The van der Waals surface area contributed by atoms with E-state index in [1.54, 1.807) is 0 Å². The Morgan fingerprint density at radius 1 is 1.31 bits per heavy atom. The molecule has 0 heterocycles. The Kier molecular flexibility index (Phi) is 11.0. The molecule has 0 fully saturated rings. The van der Waals surface area contributed by atoms with Gasteiger partial charge in [0.25, 0.3) is 0 Å². The molecule has 13 heavy (non-hydrogen) atoms. The zero-order valence-electron chi connectivity index (χ0n) is 7.92. The van der Waals surface area contributed by atoms with Crippen molar-refractivity contribution in [2.24, 2.45) is 0 Å². The van der Waals surface area contributed by atoms with Gasteiger partial charge in [-0.3, -0.25) is 0 Å². The van der Waals surface area contributed by atoms with Gasteiger partial charge in [-0.25, -0.2) is 0 Å². The Labute approximate surface area is 101 Å². The van der Waals surface area contributed by atoms with Crippen molar-refractivity contribution in [2.75, 3.05) is 0 Å². The van der Waals surface area contributed by atoms with E-state index in [-0.39, 0.29) is 12.4 Å². The normalized spacial score (nSPS) is 8.46. The molecule has 3 heteroatoms. The van der Waals surface area contributed by atoms with Crippen LogP contribution in [0.15, 0.2) is 18.2 Å². The average Bonchev–Trinajstić information content (AvgIpc) is 2.09. The molecule has 1 aromatic rings. The van der Waals surface area contributed by atoms with E-state index in [1.165, 1.54) is 28.7 Å². The molecule has 0 spiro atoms. The summed E-state index contributed by atoms with van der Waals surface area (Å²) in [6.45, 7) is 6.45. The fourth-order valence-corrected chi connectivity index (χ4v) is 0.874. The van der Waals surface area contributed by atoms with Gasteiger partial charge in [-0.2, -0.15) is 35.4 Å². The number of aryl methyl sites for hydroxylation is 1. The maximum absolute atomic E-state index is 4.67. The molecule has 0 amide bonds. The summed E-state index contributed by atoms with van der Waals surface area (Å²) < 4.78 is 0. The topological polar surface area (TPSA) is 0 Å². The van der Waals surface area contributed by atoms with Gasteiger partial charge >= 0.3 is 27.2 Å². The molecule has 1 aromatic carbocycles. The molecule has 0 aliphatic rings. The van der Waals surface area contributed by atoms with Crippen LogP contribution in [0.25, 0.3) is 0 Å². The second-order valence-electron chi connectivity index (χ2n) is 2.96. The predicted octanol–water partition coefficient (Wildman–Crippen LogP) is 0.610. The molecule has 1 rings (SSSR count). The van der Waals surface area contributed by atoms with Gasteiger partial charge in [-0.15, -0.1) is 0 Å². The van der Waals surface area contributed by atoms with E-state index in [1.807, 2.05) is 0 Å². The Morgan fingerprint density at radius 2 is 1.85 bits per heavy atom. The molecule has 0 aliphatic carbocycles. The summed E-state index contributed by atoms with van der Waals surface area (Å²) in [5.74, 6) is 0.622. The minimum absolute atomic E-state index is 0. The quantitative estimate of drug-likeness (QED) is 0.613. The first-order chi connectivity index (χ1) is 5.70. The number of hydrogen-bond donors (Lipinski definition) is 0. The molecule has 0 unspecified atom stereocenters. The first kappa shape index (κ1) is 15.9. The van der Waals surface area contributed by atoms with E-state index in [2.05, 4.69) is 54.7 Å². The number of rotatable bonds is 1. The van der Waals surface area contributed by atoms with E-state index >= 15 is 0 Å². The second-order valence-corrected chi connectivity index (χ2v) is 2.96. The maximum atomic E-state index is 4.67. The van der Waals surface area contributed by atoms with Crippen LogP contribution in [0.4, 0.5) is 0 Å². The molecule has 0 aliphatic heterocycles. The van der Waals surface area contributed by atoms with Crippen molar-refractivity contribution in [3.63, 3.8) is 0 Å². The molecule has 0 nitrogen and oxygen atoms in total. The third kappa shape index (κ3) is 6.50. The molecule has 0 atom stereocenters. The Bertz CT molecular complexity index is 207. The van der Waals surface area contributed by atoms with Crippen LogP contribution in [0.1, 0.15) is 30.9 Å². The number of benzene rings is 1. The summed E-state index contributed by atoms with van der Waals surface area (Å²) in [6.07, 6.45) is 0. The summed E-state index contributed by atoms with van der Waals surface area (Å²) in [7, 11) is 4.67. The van der Waals surface area contributed by atoms with E-state index < -0.39 is 0 Å². The Morgan fingerprint density at radius 3 is 2.15 bits per heavy atom. The van der Waals surface area contributed by atoms with Crippen LogP contribution in [0.2, 0.25) is 0 Å². The van der Waals surface area contributed by atoms with Gasteiger partial charge in [0.1, 0.15) is 0 Å². The first-order valence-electron chi connectivity index (χ1n) is 3.82. The minimum atomic E-state index is 0. The van der Waals surface area contributed by atoms with Gasteiger partial charge in [-0.1, -0.05) is 26.7 Å². The van der Waals surface area contributed by atoms with Crippen molar-refractivity contribution < 1.29 is 30.0 Å². The van der Waals surface area contributed by atoms with E-state index in [9.17, 15) is 0 Å². The Balaban J connectivity index is 0. The van der Waals surface area contributed by atoms with Crippen molar-refractivity contribution in [3.8, 4) is 0 Å². The van der Waals surface area contributed by atoms with Crippen LogP contribution < -0.4 is 12.4 Å². The van der Waals surface area contributed by atoms with Gasteiger partial charge in [0.15, 0.2) is 0 Å². The summed E-state index contributed by atoms with van der Waals surface area (Å²) in [6, 6.07) is 9.52. The summed E-state index contributed by atoms with van der Waals surface area (Å²) in [4.78, 5) is 0. The van der Waals surface area contributed by atoms with Crippen LogP contribution in [0, 0.1) is 13.0 Å². The monoisotopic (exact) mass is 395 g/mol. The third-order valence-electron chi connectivity index (χ3n) is 1.66. The zero-order valence-corrected chi connectivity index (χ0v) is 12.0. The molecule has 0 saturated carbocycles. The molecule has 0 bridgehead atoms. The van der Waals surface area contributed by atoms with E-state index in [0.717, 1.165) is 0 Å². The van der Waals surface area contributed by atoms with E-state index in [0.29, 0.717) is 5.92 Å². The van der Waals surface area contributed by atoms with Crippen molar-refractivity contribution in [1.82, 2.24) is 0 Å². The fraction of sp³-hybridized carbons (Fsp3) is 0.400. The summed E-state index contributed by atoms with van der Waals surface area (Å²) in [5.41, 5.74) is 2.58. The van der Waals surface area contributed by atoms with E-state index in [4.69, 9.17) is 0 Å².